The number of nitrogens with zero attached hydrogens (tertiary/aromatic N) is 1. The van der Waals surface area contributed by atoms with Crippen LogP contribution in [-0.4, -0.2) is 4.98 Å². The summed E-state index contributed by atoms with van der Waals surface area (Å²) < 4.78 is 1.86. The quantitative estimate of drug-likeness (QED) is 0.682. The molecule has 2 aromatic rings. The van der Waals surface area contributed by atoms with Gasteiger partial charge in [-0.25, -0.2) is 4.98 Å². The maximum Gasteiger partial charge on any atom is 0.184 e. The van der Waals surface area contributed by atoms with Crippen LogP contribution in [0, 0.1) is 0 Å². The van der Waals surface area contributed by atoms with E-state index in [-0.39, 0.29) is 0 Å². The number of benzene rings is 1. The van der Waals surface area contributed by atoms with Crippen LogP contribution in [0.2, 0.25) is 4.47 Å². The Hall–Kier alpha value is -0.600. The Morgan fingerprint density at radius 3 is 3.08 bits per heavy atom. The van der Waals surface area contributed by atoms with Gasteiger partial charge in [0, 0.05) is 0 Å². The topological polar surface area (TPSA) is 12.9 Å². The summed E-state index contributed by atoms with van der Waals surface area (Å²) in [6.45, 7) is 2.14. The van der Waals surface area contributed by atoms with Gasteiger partial charge in [0.15, 0.2) is 4.47 Å². The lowest BCUT2D eigenvalue weighted by Gasteiger charge is -1.95. The molecule has 0 atom stereocenters. The summed E-state index contributed by atoms with van der Waals surface area (Å²) in [5.41, 5.74) is 2.35. The maximum absolute atomic E-state index is 5.82. The molecule has 0 unspecified atom stereocenters. The van der Waals surface area contributed by atoms with Crippen LogP contribution in [0.15, 0.2) is 18.2 Å². The van der Waals surface area contributed by atoms with Crippen LogP contribution in [0.25, 0.3) is 10.2 Å². The van der Waals surface area contributed by atoms with E-state index in [1.165, 1.54) is 10.3 Å². The molecule has 0 radical (unpaired) electrons. The van der Waals surface area contributed by atoms with E-state index in [1.807, 2.05) is 12.1 Å². The summed E-state index contributed by atoms with van der Waals surface area (Å²) in [7, 11) is 0. The fraction of sp³-hybridized carbons (Fsp3) is 0.222. The van der Waals surface area contributed by atoms with Gasteiger partial charge in [-0.15, -0.1) is 11.3 Å². The second-order valence-electron chi connectivity index (χ2n) is 2.59. The molecular weight excluding hydrogens is 190 g/mol. The molecule has 0 saturated heterocycles. The zero-order chi connectivity index (χ0) is 8.55. The van der Waals surface area contributed by atoms with Crippen molar-refractivity contribution in [3.8, 4) is 0 Å². The smallest absolute Gasteiger partial charge is 0.184 e. The van der Waals surface area contributed by atoms with E-state index in [9.17, 15) is 0 Å². The zero-order valence-corrected chi connectivity index (χ0v) is 8.25. The molecule has 1 aromatic heterocycles. The molecule has 2 rings (SSSR count). The Balaban J connectivity index is 2.78. The van der Waals surface area contributed by atoms with Crippen molar-refractivity contribution in [2.24, 2.45) is 0 Å². The second kappa shape index (κ2) is 3.04. The zero-order valence-electron chi connectivity index (χ0n) is 6.67. The predicted molar refractivity (Wildman–Crippen MR) is 54.0 cm³/mol. The number of hydrogen-bond donors (Lipinski definition) is 0. The largest absolute Gasteiger partial charge is 0.225 e. The van der Waals surface area contributed by atoms with E-state index in [0.29, 0.717) is 4.47 Å². The minimum Gasteiger partial charge on any atom is -0.225 e. The van der Waals surface area contributed by atoms with Crippen LogP contribution in [-0.2, 0) is 6.42 Å². The fourth-order valence-electron chi connectivity index (χ4n) is 1.26. The second-order valence-corrected chi connectivity index (χ2v) is 4.17. The van der Waals surface area contributed by atoms with Crippen molar-refractivity contribution in [2.75, 3.05) is 0 Å². The lowest BCUT2D eigenvalue weighted by Crippen LogP contribution is -1.78. The molecule has 0 N–H and O–H groups in total. The molecule has 1 heterocycles. The molecule has 0 saturated carbocycles. The van der Waals surface area contributed by atoms with Gasteiger partial charge in [-0.1, -0.05) is 30.7 Å². The minimum atomic E-state index is 0.630. The van der Waals surface area contributed by atoms with Gasteiger partial charge in [0.2, 0.25) is 0 Å². The third-order valence-corrected chi connectivity index (χ3v) is 3.10. The van der Waals surface area contributed by atoms with Crippen molar-refractivity contribution in [1.82, 2.24) is 4.98 Å². The van der Waals surface area contributed by atoms with Crippen molar-refractivity contribution >= 4 is 33.2 Å². The van der Waals surface area contributed by atoms with E-state index in [0.717, 1.165) is 11.9 Å². The predicted octanol–water partition coefficient (Wildman–Crippen LogP) is 3.51. The first-order valence-electron chi connectivity index (χ1n) is 3.85. The van der Waals surface area contributed by atoms with Gasteiger partial charge in [-0.05, 0) is 18.1 Å². The molecule has 0 aliphatic rings. The van der Waals surface area contributed by atoms with Crippen molar-refractivity contribution in [1.29, 1.82) is 0 Å². The lowest BCUT2D eigenvalue weighted by molar-refractivity contribution is 1.16. The lowest BCUT2D eigenvalue weighted by atomic mass is 10.2. The summed E-state index contributed by atoms with van der Waals surface area (Å²) in [5, 5.41) is 0. The Labute approximate surface area is 80.0 Å². The van der Waals surface area contributed by atoms with Crippen molar-refractivity contribution in [3.63, 3.8) is 0 Å². The van der Waals surface area contributed by atoms with E-state index >= 15 is 0 Å². The van der Waals surface area contributed by atoms with E-state index in [4.69, 9.17) is 11.6 Å². The fourth-order valence-corrected chi connectivity index (χ4v) is 2.45. The summed E-state index contributed by atoms with van der Waals surface area (Å²) in [6.07, 6.45) is 1.04. The van der Waals surface area contributed by atoms with E-state index in [1.54, 1.807) is 11.3 Å². The highest BCUT2D eigenvalue weighted by molar-refractivity contribution is 7.22. The molecule has 0 aliphatic heterocycles. The van der Waals surface area contributed by atoms with Gasteiger partial charge < -0.3 is 0 Å². The van der Waals surface area contributed by atoms with Gasteiger partial charge >= 0.3 is 0 Å². The summed E-state index contributed by atoms with van der Waals surface area (Å²) >= 11 is 7.38. The molecule has 0 aliphatic carbocycles. The van der Waals surface area contributed by atoms with Crippen LogP contribution in [0.3, 0.4) is 0 Å². The molecule has 3 heteroatoms. The van der Waals surface area contributed by atoms with Crippen LogP contribution in [0.1, 0.15) is 12.5 Å². The highest BCUT2D eigenvalue weighted by Gasteiger charge is 2.03. The Kier molecular flexibility index (Phi) is 2.03. The molecule has 0 spiro atoms. The number of halogens is 1. The first-order chi connectivity index (χ1) is 5.81. The third-order valence-electron chi connectivity index (χ3n) is 1.85. The van der Waals surface area contributed by atoms with Gasteiger partial charge in [0.25, 0.3) is 0 Å². The number of hydrogen-bond acceptors (Lipinski definition) is 2. The summed E-state index contributed by atoms with van der Waals surface area (Å²) in [5.74, 6) is 0. The van der Waals surface area contributed by atoms with E-state index < -0.39 is 0 Å². The Morgan fingerprint density at radius 1 is 1.50 bits per heavy atom. The van der Waals surface area contributed by atoms with Crippen molar-refractivity contribution in [2.45, 2.75) is 13.3 Å². The van der Waals surface area contributed by atoms with Crippen LogP contribution in [0.5, 0.6) is 0 Å². The van der Waals surface area contributed by atoms with Gasteiger partial charge in [0.1, 0.15) is 0 Å². The molecule has 1 nitrogen and oxygen atoms in total. The molecule has 62 valence electrons. The third kappa shape index (κ3) is 1.21. The molecule has 0 bridgehead atoms. The highest BCUT2D eigenvalue weighted by Crippen LogP contribution is 2.28. The van der Waals surface area contributed by atoms with Gasteiger partial charge in [0.05, 0.1) is 10.2 Å². The highest BCUT2D eigenvalue weighted by atomic mass is 35.5. The Morgan fingerprint density at radius 2 is 2.33 bits per heavy atom. The molecule has 0 amide bonds. The summed E-state index contributed by atoms with van der Waals surface area (Å²) in [6, 6.07) is 6.14. The standard InChI is InChI=1S/C9H8ClNS/c1-2-6-4-3-5-7-8(6)12-9(10)11-7/h3-5H,2H2,1H3. The SMILES string of the molecule is CCc1cccc2nc(Cl)sc12. The summed E-state index contributed by atoms with van der Waals surface area (Å²) in [4.78, 5) is 4.21. The van der Waals surface area contributed by atoms with E-state index in [2.05, 4.69) is 18.0 Å². The van der Waals surface area contributed by atoms with Crippen LogP contribution >= 0.6 is 22.9 Å². The number of rotatable bonds is 1. The minimum absolute atomic E-state index is 0.630. The average Bonchev–Trinajstić information content (AvgIpc) is 2.44. The number of fused-ring (bicyclic) bond motifs is 1. The van der Waals surface area contributed by atoms with Gasteiger partial charge in [-0.3, -0.25) is 0 Å². The molecular formula is C9H8ClNS. The number of aromatic nitrogens is 1. The monoisotopic (exact) mass is 197 g/mol. The number of aryl methyl sites for hydroxylation is 1. The first-order valence-corrected chi connectivity index (χ1v) is 5.04. The average molecular weight is 198 g/mol. The van der Waals surface area contributed by atoms with Crippen LogP contribution < -0.4 is 0 Å². The molecule has 12 heavy (non-hydrogen) atoms. The Bertz CT molecular complexity index is 408. The van der Waals surface area contributed by atoms with Crippen molar-refractivity contribution < 1.29 is 0 Å². The van der Waals surface area contributed by atoms with Crippen molar-refractivity contribution in [3.05, 3.63) is 28.2 Å². The maximum atomic E-state index is 5.82. The van der Waals surface area contributed by atoms with Gasteiger partial charge in [-0.2, -0.15) is 0 Å². The normalized spacial score (nSPS) is 10.8. The molecule has 1 aromatic carbocycles. The van der Waals surface area contributed by atoms with Crippen LogP contribution in [0.4, 0.5) is 0 Å². The first kappa shape index (κ1) is 8.02. The number of thiazole rings is 1. The molecule has 0 fully saturated rings.